The number of piperidine rings is 1. The summed E-state index contributed by atoms with van der Waals surface area (Å²) in [5, 5.41) is 3.22. The van der Waals surface area contributed by atoms with Crippen molar-refractivity contribution >= 4 is 5.91 Å². The molecule has 0 atom stereocenters. The average molecular weight is 286 g/mol. The Morgan fingerprint density at radius 1 is 1.10 bits per heavy atom. The second kappa shape index (κ2) is 6.61. The van der Waals surface area contributed by atoms with Gasteiger partial charge in [-0.2, -0.15) is 0 Å². The highest BCUT2D eigenvalue weighted by atomic mass is 16.1. The molecule has 1 amide bonds. The highest BCUT2D eigenvalue weighted by Gasteiger charge is 2.27. The number of nitrogens with one attached hydrogen (secondary N) is 1. The number of carbonyl (C=O) groups excluding carboxylic acids is 1. The van der Waals surface area contributed by atoms with Gasteiger partial charge < -0.3 is 10.2 Å². The van der Waals surface area contributed by atoms with Crippen molar-refractivity contribution in [1.82, 2.24) is 10.2 Å². The third-order valence-electron chi connectivity index (χ3n) is 5.10. The lowest BCUT2D eigenvalue weighted by Gasteiger charge is -2.36. The maximum atomic E-state index is 12.3. The van der Waals surface area contributed by atoms with Gasteiger partial charge in [0, 0.05) is 30.7 Å². The highest BCUT2D eigenvalue weighted by Crippen LogP contribution is 2.26. The first-order chi connectivity index (χ1) is 10.2. The van der Waals surface area contributed by atoms with Crippen molar-refractivity contribution in [1.29, 1.82) is 0 Å². The summed E-state index contributed by atoms with van der Waals surface area (Å²) in [5.41, 5.74) is 1.87. The third-order valence-corrected chi connectivity index (χ3v) is 5.10. The number of hydrogen-bond donors (Lipinski definition) is 1. The number of hydrogen-bond acceptors (Lipinski definition) is 2. The number of amides is 1. The van der Waals surface area contributed by atoms with Crippen LogP contribution < -0.4 is 5.32 Å². The summed E-state index contributed by atoms with van der Waals surface area (Å²) < 4.78 is 0. The molecule has 1 aliphatic heterocycles. The SMILES string of the molecule is Cc1ccccc1C(=O)NC1CCN(C2CCCC2)CC1. The van der Waals surface area contributed by atoms with Crippen molar-refractivity contribution in [3.05, 3.63) is 35.4 Å². The van der Waals surface area contributed by atoms with Gasteiger partial charge in [-0.3, -0.25) is 4.79 Å². The second-order valence-electron chi connectivity index (χ2n) is 6.54. The topological polar surface area (TPSA) is 32.3 Å². The van der Waals surface area contributed by atoms with Crippen LogP contribution >= 0.6 is 0 Å². The quantitative estimate of drug-likeness (QED) is 0.926. The summed E-state index contributed by atoms with van der Waals surface area (Å²) in [5.74, 6) is 0.0902. The molecular weight excluding hydrogens is 260 g/mol. The van der Waals surface area contributed by atoms with Crippen molar-refractivity contribution in [2.75, 3.05) is 13.1 Å². The van der Waals surface area contributed by atoms with Crippen LogP contribution in [0, 0.1) is 6.92 Å². The maximum absolute atomic E-state index is 12.3. The molecule has 2 fully saturated rings. The van der Waals surface area contributed by atoms with E-state index in [-0.39, 0.29) is 5.91 Å². The van der Waals surface area contributed by atoms with Crippen LogP contribution in [0.15, 0.2) is 24.3 Å². The van der Waals surface area contributed by atoms with E-state index in [9.17, 15) is 4.79 Å². The molecule has 0 spiro atoms. The predicted octanol–water partition coefficient (Wildman–Crippen LogP) is 3.13. The largest absolute Gasteiger partial charge is 0.349 e. The van der Waals surface area contributed by atoms with Gasteiger partial charge in [0.15, 0.2) is 0 Å². The first kappa shape index (κ1) is 14.6. The Kier molecular flexibility index (Phi) is 4.59. The highest BCUT2D eigenvalue weighted by molar-refractivity contribution is 5.95. The molecule has 0 aromatic heterocycles. The average Bonchev–Trinajstić information content (AvgIpc) is 3.02. The first-order valence-corrected chi connectivity index (χ1v) is 8.34. The van der Waals surface area contributed by atoms with Gasteiger partial charge in [-0.05, 0) is 44.2 Å². The molecule has 2 aliphatic rings. The zero-order valence-corrected chi connectivity index (χ0v) is 13.0. The van der Waals surface area contributed by atoms with Gasteiger partial charge in [0.05, 0.1) is 0 Å². The molecular formula is C18H26N2O. The van der Waals surface area contributed by atoms with Crippen molar-refractivity contribution in [3.63, 3.8) is 0 Å². The Hall–Kier alpha value is -1.35. The normalized spacial score (nSPS) is 21.6. The van der Waals surface area contributed by atoms with E-state index in [4.69, 9.17) is 0 Å². The number of aryl methyl sites for hydroxylation is 1. The molecule has 0 unspecified atom stereocenters. The summed E-state index contributed by atoms with van der Waals surface area (Å²) >= 11 is 0. The Balaban J connectivity index is 1.51. The van der Waals surface area contributed by atoms with Crippen LogP contribution in [0.25, 0.3) is 0 Å². The van der Waals surface area contributed by atoms with E-state index < -0.39 is 0 Å². The van der Waals surface area contributed by atoms with E-state index in [1.165, 1.54) is 25.7 Å². The molecule has 21 heavy (non-hydrogen) atoms. The van der Waals surface area contributed by atoms with Crippen LogP contribution in [0.2, 0.25) is 0 Å². The van der Waals surface area contributed by atoms with Crippen LogP contribution in [0.4, 0.5) is 0 Å². The minimum Gasteiger partial charge on any atom is -0.349 e. The fraction of sp³-hybridized carbons (Fsp3) is 0.611. The molecule has 1 aromatic rings. The summed E-state index contributed by atoms with van der Waals surface area (Å²) in [4.78, 5) is 15.0. The minimum atomic E-state index is 0.0902. The lowest BCUT2D eigenvalue weighted by Crippen LogP contribution is -2.47. The number of likely N-dealkylation sites (tertiary alicyclic amines) is 1. The molecule has 1 heterocycles. The maximum Gasteiger partial charge on any atom is 0.251 e. The molecule has 3 nitrogen and oxygen atoms in total. The number of carbonyl (C=O) groups is 1. The van der Waals surface area contributed by atoms with E-state index in [2.05, 4.69) is 10.2 Å². The van der Waals surface area contributed by atoms with Crippen LogP contribution in [0.1, 0.15) is 54.4 Å². The van der Waals surface area contributed by atoms with Gasteiger partial charge in [-0.1, -0.05) is 31.0 Å². The molecule has 3 rings (SSSR count). The van der Waals surface area contributed by atoms with Crippen LogP contribution in [-0.2, 0) is 0 Å². The monoisotopic (exact) mass is 286 g/mol. The van der Waals surface area contributed by atoms with Crippen molar-refractivity contribution in [2.24, 2.45) is 0 Å². The molecule has 1 aliphatic carbocycles. The summed E-state index contributed by atoms with van der Waals surface area (Å²) in [6.45, 7) is 4.28. The van der Waals surface area contributed by atoms with E-state index in [0.717, 1.165) is 43.1 Å². The summed E-state index contributed by atoms with van der Waals surface area (Å²) in [6.07, 6.45) is 7.73. The van der Waals surface area contributed by atoms with Gasteiger partial charge in [0.2, 0.25) is 0 Å². The Bertz CT molecular complexity index is 486. The Morgan fingerprint density at radius 2 is 1.76 bits per heavy atom. The number of rotatable bonds is 3. The zero-order chi connectivity index (χ0) is 14.7. The van der Waals surface area contributed by atoms with Gasteiger partial charge in [0.1, 0.15) is 0 Å². The predicted molar refractivity (Wildman–Crippen MR) is 85.5 cm³/mol. The minimum absolute atomic E-state index is 0.0902. The number of nitrogens with zero attached hydrogens (tertiary/aromatic N) is 1. The molecule has 1 saturated heterocycles. The standard InChI is InChI=1S/C18H26N2O/c1-14-6-2-5-9-17(14)18(21)19-15-10-12-20(13-11-15)16-7-3-4-8-16/h2,5-6,9,15-16H,3-4,7-8,10-13H2,1H3,(H,19,21). The summed E-state index contributed by atoms with van der Waals surface area (Å²) in [6, 6.07) is 8.99. The molecule has 1 N–H and O–H groups in total. The van der Waals surface area contributed by atoms with Gasteiger partial charge in [0.25, 0.3) is 5.91 Å². The van der Waals surface area contributed by atoms with Crippen LogP contribution in [-0.4, -0.2) is 36.0 Å². The molecule has 0 bridgehead atoms. The zero-order valence-electron chi connectivity index (χ0n) is 13.0. The van der Waals surface area contributed by atoms with Crippen LogP contribution in [0.3, 0.4) is 0 Å². The Morgan fingerprint density at radius 3 is 2.43 bits per heavy atom. The lowest BCUT2D eigenvalue weighted by molar-refractivity contribution is 0.0892. The number of benzene rings is 1. The fourth-order valence-corrected chi connectivity index (χ4v) is 3.77. The molecule has 114 valence electrons. The van der Waals surface area contributed by atoms with Crippen molar-refractivity contribution in [2.45, 2.75) is 57.5 Å². The van der Waals surface area contributed by atoms with E-state index in [0.29, 0.717) is 6.04 Å². The lowest BCUT2D eigenvalue weighted by atomic mass is 10.0. The van der Waals surface area contributed by atoms with E-state index >= 15 is 0 Å². The van der Waals surface area contributed by atoms with E-state index in [1.54, 1.807) is 0 Å². The van der Waals surface area contributed by atoms with Crippen molar-refractivity contribution < 1.29 is 4.79 Å². The molecule has 1 saturated carbocycles. The fourth-order valence-electron chi connectivity index (χ4n) is 3.77. The summed E-state index contributed by atoms with van der Waals surface area (Å²) in [7, 11) is 0. The smallest absolute Gasteiger partial charge is 0.251 e. The molecule has 1 aromatic carbocycles. The second-order valence-corrected chi connectivity index (χ2v) is 6.54. The van der Waals surface area contributed by atoms with Crippen LogP contribution in [0.5, 0.6) is 0 Å². The van der Waals surface area contributed by atoms with Crippen molar-refractivity contribution in [3.8, 4) is 0 Å². The third kappa shape index (κ3) is 3.46. The van der Waals surface area contributed by atoms with Gasteiger partial charge in [-0.15, -0.1) is 0 Å². The molecule has 0 radical (unpaired) electrons. The van der Waals surface area contributed by atoms with Gasteiger partial charge >= 0.3 is 0 Å². The first-order valence-electron chi connectivity index (χ1n) is 8.34. The Labute approximate surface area is 127 Å². The van der Waals surface area contributed by atoms with E-state index in [1.807, 2.05) is 31.2 Å². The van der Waals surface area contributed by atoms with Gasteiger partial charge in [-0.25, -0.2) is 0 Å². The molecule has 3 heteroatoms.